The number of carbonyl (C=O) groups excluding carboxylic acids is 1. The van der Waals surface area contributed by atoms with Crippen molar-refractivity contribution in [2.45, 2.75) is 12.8 Å². The number of fused-ring (bicyclic) bond motifs is 1. The summed E-state index contributed by atoms with van der Waals surface area (Å²) in [5.41, 5.74) is 1.87. The first kappa shape index (κ1) is 20.1. The molecule has 2 heterocycles. The predicted molar refractivity (Wildman–Crippen MR) is 115 cm³/mol. The summed E-state index contributed by atoms with van der Waals surface area (Å²) >= 11 is 5.99. The Kier molecular flexibility index (Phi) is 5.55. The molecule has 0 bridgehead atoms. The van der Waals surface area contributed by atoms with Crippen molar-refractivity contribution in [3.05, 3.63) is 76.9 Å². The summed E-state index contributed by atoms with van der Waals surface area (Å²) in [5.74, 6) is -0.401. The van der Waals surface area contributed by atoms with Crippen LogP contribution in [0, 0.1) is 11.6 Å². The second-order valence-corrected chi connectivity index (χ2v) is 7.37. The summed E-state index contributed by atoms with van der Waals surface area (Å²) in [7, 11) is 1.55. The molecule has 0 spiro atoms. The average molecular weight is 429 g/mol. The molecule has 0 atom stereocenters. The molecule has 0 fully saturated rings. The fourth-order valence-electron chi connectivity index (χ4n) is 3.52. The van der Waals surface area contributed by atoms with Crippen LogP contribution in [-0.2, 0) is 6.42 Å². The average Bonchev–Trinajstić information content (AvgIpc) is 2.75. The minimum atomic E-state index is -0.625. The molecule has 2 aromatic carbocycles. The molecule has 0 unspecified atom stereocenters. The molecule has 3 aromatic rings. The van der Waals surface area contributed by atoms with Crippen molar-refractivity contribution in [2.24, 2.45) is 0 Å². The van der Waals surface area contributed by atoms with Gasteiger partial charge in [-0.05, 0) is 42.7 Å². The number of pyridine rings is 1. The van der Waals surface area contributed by atoms with Gasteiger partial charge in [0.1, 0.15) is 17.5 Å². The second kappa shape index (κ2) is 8.28. The zero-order valence-electron chi connectivity index (χ0n) is 16.2. The lowest BCUT2D eigenvalue weighted by atomic mass is 10.0. The zero-order chi connectivity index (χ0) is 21.3. The molecule has 0 saturated heterocycles. The standard InChI is InChI=1S/C22H19ClF2N4O/c1-28(22(30)27-20-16(23)7-3-8-17(20)24)15-10-11-26-19(13-15)29-12-4-6-14-5-2-9-18(25)21(14)29/h2-3,5,7-11,13H,4,6,12H2,1H3,(H,27,30). The SMILES string of the molecule is CN(C(=O)Nc1c(F)cccc1Cl)c1ccnc(N2CCCc3cccc(F)c32)c1. The van der Waals surface area contributed by atoms with E-state index < -0.39 is 11.8 Å². The molecule has 30 heavy (non-hydrogen) atoms. The monoisotopic (exact) mass is 428 g/mol. The number of aromatic nitrogens is 1. The van der Waals surface area contributed by atoms with Gasteiger partial charge in [0.25, 0.3) is 0 Å². The van der Waals surface area contributed by atoms with Crippen molar-refractivity contribution >= 4 is 40.5 Å². The first-order valence-corrected chi connectivity index (χ1v) is 9.83. The largest absolute Gasteiger partial charge is 0.326 e. The van der Waals surface area contributed by atoms with Crippen LogP contribution in [0.1, 0.15) is 12.0 Å². The molecular weight excluding hydrogens is 410 g/mol. The molecular formula is C22H19ClF2N4O. The lowest BCUT2D eigenvalue weighted by molar-refractivity contribution is 0.258. The Balaban J connectivity index is 1.61. The molecule has 8 heteroatoms. The van der Waals surface area contributed by atoms with E-state index in [1.165, 1.54) is 29.2 Å². The number of aryl methyl sites for hydroxylation is 1. The van der Waals surface area contributed by atoms with Crippen molar-refractivity contribution in [1.29, 1.82) is 0 Å². The molecule has 5 nitrogen and oxygen atoms in total. The van der Waals surface area contributed by atoms with Crippen LogP contribution in [0.3, 0.4) is 0 Å². The first-order chi connectivity index (χ1) is 14.5. The zero-order valence-corrected chi connectivity index (χ0v) is 17.0. The summed E-state index contributed by atoms with van der Waals surface area (Å²) < 4.78 is 28.5. The lowest BCUT2D eigenvalue weighted by Gasteiger charge is -2.31. The van der Waals surface area contributed by atoms with E-state index in [-0.39, 0.29) is 16.5 Å². The Hall–Kier alpha value is -3.19. The van der Waals surface area contributed by atoms with Crippen LogP contribution in [0.15, 0.2) is 54.7 Å². The Morgan fingerprint density at radius 2 is 1.93 bits per heavy atom. The van der Waals surface area contributed by atoms with Gasteiger partial charge in [0.15, 0.2) is 0 Å². The Morgan fingerprint density at radius 3 is 2.73 bits per heavy atom. The van der Waals surface area contributed by atoms with Crippen LogP contribution in [0.4, 0.5) is 36.5 Å². The van der Waals surface area contributed by atoms with Crippen LogP contribution in [-0.4, -0.2) is 24.6 Å². The van der Waals surface area contributed by atoms with E-state index in [2.05, 4.69) is 10.3 Å². The van der Waals surface area contributed by atoms with Crippen molar-refractivity contribution < 1.29 is 13.6 Å². The molecule has 2 amide bonds. The number of para-hydroxylation sites is 2. The van der Waals surface area contributed by atoms with Crippen molar-refractivity contribution in [3.63, 3.8) is 0 Å². The lowest BCUT2D eigenvalue weighted by Crippen LogP contribution is -2.32. The molecule has 1 aliphatic heterocycles. The third-order valence-corrected chi connectivity index (χ3v) is 5.38. The van der Waals surface area contributed by atoms with E-state index >= 15 is 0 Å². The number of hydrogen-bond acceptors (Lipinski definition) is 3. The van der Waals surface area contributed by atoms with E-state index in [9.17, 15) is 13.6 Å². The molecule has 0 radical (unpaired) electrons. The number of halogens is 3. The number of nitrogens with zero attached hydrogens (tertiary/aromatic N) is 3. The maximum atomic E-state index is 14.5. The highest BCUT2D eigenvalue weighted by Crippen LogP contribution is 2.35. The summed E-state index contributed by atoms with van der Waals surface area (Å²) in [4.78, 5) is 20.2. The highest BCUT2D eigenvalue weighted by Gasteiger charge is 2.24. The molecule has 1 aliphatic rings. The normalized spacial score (nSPS) is 13.0. The molecule has 1 N–H and O–H groups in total. The van der Waals surface area contributed by atoms with Crippen LogP contribution in [0.5, 0.6) is 0 Å². The Labute approximate surface area is 177 Å². The van der Waals surface area contributed by atoms with Crippen LogP contribution >= 0.6 is 11.6 Å². The third-order valence-electron chi connectivity index (χ3n) is 5.06. The van der Waals surface area contributed by atoms with Gasteiger partial charge in [-0.3, -0.25) is 4.90 Å². The van der Waals surface area contributed by atoms with Gasteiger partial charge in [0.2, 0.25) is 0 Å². The number of benzene rings is 2. The second-order valence-electron chi connectivity index (χ2n) is 6.96. The molecule has 154 valence electrons. The van der Waals surface area contributed by atoms with Gasteiger partial charge in [0, 0.05) is 25.9 Å². The van der Waals surface area contributed by atoms with Gasteiger partial charge in [-0.15, -0.1) is 0 Å². The number of carbonyl (C=O) groups is 1. The quantitative estimate of drug-likeness (QED) is 0.576. The fraction of sp³-hybridized carbons (Fsp3) is 0.182. The smallest absolute Gasteiger partial charge is 0.324 e. The van der Waals surface area contributed by atoms with E-state index in [1.54, 1.807) is 31.4 Å². The third kappa shape index (κ3) is 3.80. The minimum absolute atomic E-state index is 0.0858. The summed E-state index contributed by atoms with van der Waals surface area (Å²) in [5, 5.41) is 2.59. The van der Waals surface area contributed by atoms with Gasteiger partial charge in [-0.25, -0.2) is 18.6 Å². The van der Waals surface area contributed by atoms with E-state index in [0.29, 0.717) is 23.7 Å². The Bertz CT molecular complexity index is 1090. The maximum absolute atomic E-state index is 14.5. The maximum Gasteiger partial charge on any atom is 0.326 e. The van der Waals surface area contributed by atoms with Crippen LogP contribution in [0.25, 0.3) is 0 Å². The van der Waals surface area contributed by atoms with Crippen LogP contribution in [0.2, 0.25) is 5.02 Å². The van der Waals surface area contributed by atoms with E-state index in [0.717, 1.165) is 18.4 Å². The Morgan fingerprint density at radius 1 is 1.17 bits per heavy atom. The molecule has 1 aromatic heterocycles. The van der Waals surface area contributed by atoms with Gasteiger partial charge in [-0.2, -0.15) is 0 Å². The fourth-order valence-corrected chi connectivity index (χ4v) is 3.73. The molecule has 0 saturated carbocycles. The topological polar surface area (TPSA) is 48.5 Å². The predicted octanol–water partition coefficient (Wildman–Crippen LogP) is 5.77. The van der Waals surface area contributed by atoms with Gasteiger partial charge in [-0.1, -0.05) is 29.8 Å². The molecule has 4 rings (SSSR count). The summed E-state index contributed by atoms with van der Waals surface area (Å²) in [6.07, 6.45) is 3.22. The number of rotatable bonds is 3. The van der Waals surface area contributed by atoms with Crippen molar-refractivity contribution in [3.8, 4) is 0 Å². The highest BCUT2D eigenvalue weighted by molar-refractivity contribution is 6.33. The minimum Gasteiger partial charge on any atom is -0.324 e. The van der Waals surface area contributed by atoms with Gasteiger partial charge >= 0.3 is 6.03 Å². The number of urea groups is 1. The van der Waals surface area contributed by atoms with Crippen molar-refractivity contribution in [1.82, 2.24) is 4.98 Å². The number of nitrogens with one attached hydrogen (secondary N) is 1. The van der Waals surface area contributed by atoms with Gasteiger partial charge < -0.3 is 10.2 Å². The number of anilines is 4. The summed E-state index contributed by atoms with van der Waals surface area (Å²) in [6, 6.07) is 12.0. The van der Waals surface area contributed by atoms with Crippen molar-refractivity contribution in [2.75, 3.05) is 28.7 Å². The van der Waals surface area contributed by atoms with E-state index in [4.69, 9.17) is 11.6 Å². The first-order valence-electron chi connectivity index (χ1n) is 9.45. The van der Waals surface area contributed by atoms with Gasteiger partial charge in [0.05, 0.1) is 22.1 Å². The highest BCUT2D eigenvalue weighted by atomic mass is 35.5. The molecule has 0 aliphatic carbocycles. The van der Waals surface area contributed by atoms with E-state index in [1.807, 2.05) is 11.0 Å². The van der Waals surface area contributed by atoms with Crippen LogP contribution < -0.4 is 15.1 Å². The number of hydrogen-bond donors (Lipinski definition) is 1. The summed E-state index contributed by atoms with van der Waals surface area (Å²) in [6.45, 7) is 0.616. The number of amides is 2.